The molecule has 0 aliphatic heterocycles. The molecule has 2 N–H and O–H groups in total. The van der Waals surface area contributed by atoms with E-state index in [1.54, 1.807) is 17.4 Å². The monoisotopic (exact) mass is 301 g/mol. The molecule has 0 bridgehead atoms. The average Bonchev–Trinajstić information content (AvgIpc) is 3.19. The maximum atomic E-state index is 12.2. The maximum Gasteiger partial charge on any atom is 0.272 e. The Morgan fingerprint density at radius 2 is 2.29 bits per heavy atom. The summed E-state index contributed by atoms with van der Waals surface area (Å²) in [4.78, 5) is 13.2. The summed E-state index contributed by atoms with van der Waals surface area (Å²) in [6.45, 7) is 3.75. The smallest absolute Gasteiger partial charge is 0.272 e. The van der Waals surface area contributed by atoms with Crippen molar-refractivity contribution in [3.8, 4) is 10.6 Å². The number of carbonyl (C=O) groups excluding carboxylic acids is 1. The first-order valence-electron chi connectivity index (χ1n) is 6.60. The van der Waals surface area contributed by atoms with Gasteiger partial charge in [-0.2, -0.15) is 5.10 Å². The summed E-state index contributed by atoms with van der Waals surface area (Å²) in [6, 6.07) is 9.23. The predicted octanol–water partition coefficient (Wildman–Crippen LogP) is 3.53. The molecule has 21 heavy (non-hydrogen) atoms. The van der Waals surface area contributed by atoms with Crippen molar-refractivity contribution >= 4 is 17.2 Å². The molecule has 5 nitrogen and oxygen atoms in total. The van der Waals surface area contributed by atoms with E-state index in [4.69, 9.17) is 4.42 Å². The van der Waals surface area contributed by atoms with Crippen LogP contribution in [0.15, 0.2) is 40.1 Å². The molecule has 0 aromatic carbocycles. The number of hydrogen-bond donors (Lipinski definition) is 2. The number of furan rings is 1. The van der Waals surface area contributed by atoms with E-state index < -0.39 is 0 Å². The van der Waals surface area contributed by atoms with Crippen molar-refractivity contribution in [1.29, 1.82) is 0 Å². The molecule has 0 aliphatic rings. The Balaban J connectivity index is 1.71. The zero-order chi connectivity index (χ0) is 14.8. The minimum atomic E-state index is -0.226. The molecule has 3 heterocycles. The Morgan fingerprint density at radius 3 is 2.95 bits per heavy atom. The van der Waals surface area contributed by atoms with Crippen molar-refractivity contribution in [2.45, 2.75) is 19.9 Å². The molecule has 0 saturated carbocycles. The first kappa shape index (κ1) is 13.6. The highest BCUT2D eigenvalue weighted by atomic mass is 32.1. The lowest BCUT2D eigenvalue weighted by atomic mass is 10.2. The number of nitrogens with one attached hydrogen (secondary N) is 2. The van der Waals surface area contributed by atoms with Gasteiger partial charge >= 0.3 is 0 Å². The summed E-state index contributed by atoms with van der Waals surface area (Å²) < 4.78 is 5.50. The Hall–Kier alpha value is -2.34. The first-order valence-corrected chi connectivity index (χ1v) is 7.48. The van der Waals surface area contributed by atoms with E-state index >= 15 is 0 Å². The third-order valence-corrected chi connectivity index (χ3v) is 4.04. The van der Waals surface area contributed by atoms with Gasteiger partial charge in [-0.1, -0.05) is 6.07 Å². The van der Waals surface area contributed by atoms with Crippen LogP contribution in [0.25, 0.3) is 10.6 Å². The molecular formula is C15H15N3O2S. The number of aryl methyl sites for hydroxylation is 1. The lowest BCUT2D eigenvalue weighted by Crippen LogP contribution is -2.26. The number of carbonyl (C=O) groups is 1. The highest BCUT2D eigenvalue weighted by Gasteiger charge is 2.17. The van der Waals surface area contributed by atoms with E-state index in [1.807, 2.05) is 43.5 Å². The second-order valence-corrected chi connectivity index (χ2v) is 5.74. The normalized spacial score (nSPS) is 12.3. The lowest BCUT2D eigenvalue weighted by molar-refractivity contribution is 0.0930. The molecule has 3 aromatic heterocycles. The zero-order valence-corrected chi connectivity index (χ0v) is 12.5. The molecule has 108 valence electrons. The number of amides is 1. The van der Waals surface area contributed by atoms with E-state index in [0.29, 0.717) is 5.69 Å². The largest absolute Gasteiger partial charge is 0.464 e. The van der Waals surface area contributed by atoms with E-state index in [-0.39, 0.29) is 11.9 Å². The summed E-state index contributed by atoms with van der Waals surface area (Å²) in [5, 5.41) is 11.8. The molecular weight excluding hydrogens is 286 g/mol. The van der Waals surface area contributed by atoms with Crippen LogP contribution in [0.5, 0.6) is 0 Å². The van der Waals surface area contributed by atoms with Crippen LogP contribution in [0.2, 0.25) is 0 Å². The number of H-pyrrole nitrogens is 1. The van der Waals surface area contributed by atoms with E-state index in [0.717, 1.165) is 22.1 Å². The molecule has 0 aliphatic carbocycles. The minimum Gasteiger partial charge on any atom is -0.464 e. The van der Waals surface area contributed by atoms with E-state index in [9.17, 15) is 4.79 Å². The molecule has 6 heteroatoms. The number of hydrogen-bond acceptors (Lipinski definition) is 4. The standard InChI is InChI=1S/C15H15N3O2S/c1-9-5-6-13(20-9)10(2)16-15(19)12-8-11(17-18-12)14-4-3-7-21-14/h3-8,10H,1-2H3,(H,16,19)(H,17,18). The Kier molecular flexibility index (Phi) is 3.62. The summed E-state index contributed by atoms with van der Waals surface area (Å²) in [5.41, 5.74) is 1.21. The van der Waals surface area contributed by atoms with Gasteiger partial charge in [-0.15, -0.1) is 11.3 Å². The van der Waals surface area contributed by atoms with Gasteiger partial charge in [0.05, 0.1) is 16.6 Å². The third-order valence-electron chi connectivity index (χ3n) is 3.13. The molecule has 0 spiro atoms. The molecule has 0 saturated heterocycles. The Labute approximate surface area is 126 Å². The molecule has 3 aromatic rings. The summed E-state index contributed by atoms with van der Waals surface area (Å²) in [5.74, 6) is 1.33. The van der Waals surface area contributed by atoms with Gasteiger partial charge in [-0.05, 0) is 43.5 Å². The SMILES string of the molecule is Cc1ccc(C(C)NC(=O)c2cc(-c3cccs3)[nH]n2)o1. The number of aromatic amines is 1. The van der Waals surface area contributed by atoms with Crippen molar-refractivity contribution in [3.05, 3.63) is 52.9 Å². The van der Waals surface area contributed by atoms with Gasteiger partial charge in [0.2, 0.25) is 0 Å². The van der Waals surface area contributed by atoms with E-state index in [2.05, 4.69) is 15.5 Å². The fourth-order valence-corrected chi connectivity index (χ4v) is 2.72. The van der Waals surface area contributed by atoms with Crippen molar-refractivity contribution < 1.29 is 9.21 Å². The van der Waals surface area contributed by atoms with Gasteiger partial charge in [0.15, 0.2) is 5.69 Å². The molecule has 1 atom stereocenters. The van der Waals surface area contributed by atoms with Crippen molar-refractivity contribution in [2.24, 2.45) is 0 Å². The zero-order valence-electron chi connectivity index (χ0n) is 11.7. The van der Waals surface area contributed by atoms with Crippen LogP contribution in [-0.4, -0.2) is 16.1 Å². The molecule has 0 fully saturated rings. The van der Waals surface area contributed by atoms with Crippen LogP contribution in [-0.2, 0) is 0 Å². The topological polar surface area (TPSA) is 70.9 Å². The van der Waals surface area contributed by atoms with Crippen LogP contribution in [0.4, 0.5) is 0 Å². The fraction of sp³-hybridized carbons (Fsp3) is 0.200. The highest BCUT2D eigenvalue weighted by Crippen LogP contribution is 2.23. The van der Waals surface area contributed by atoms with Crippen LogP contribution in [0.3, 0.4) is 0 Å². The number of thiophene rings is 1. The van der Waals surface area contributed by atoms with Crippen molar-refractivity contribution in [3.63, 3.8) is 0 Å². The Morgan fingerprint density at radius 1 is 1.43 bits per heavy atom. The van der Waals surface area contributed by atoms with Crippen molar-refractivity contribution in [2.75, 3.05) is 0 Å². The average molecular weight is 301 g/mol. The van der Waals surface area contributed by atoms with Gasteiger partial charge in [-0.25, -0.2) is 0 Å². The van der Waals surface area contributed by atoms with E-state index in [1.165, 1.54) is 0 Å². The molecule has 0 radical (unpaired) electrons. The molecule has 1 unspecified atom stereocenters. The summed E-state index contributed by atoms with van der Waals surface area (Å²) in [7, 11) is 0. The van der Waals surface area contributed by atoms with Crippen molar-refractivity contribution in [1.82, 2.24) is 15.5 Å². The Bertz CT molecular complexity index is 743. The predicted molar refractivity (Wildman–Crippen MR) is 81.2 cm³/mol. The van der Waals surface area contributed by atoms with Gasteiger partial charge in [0.25, 0.3) is 5.91 Å². The summed E-state index contributed by atoms with van der Waals surface area (Å²) in [6.07, 6.45) is 0. The lowest BCUT2D eigenvalue weighted by Gasteiger charge is -2.09. The van der Waals surface area contributed by atoms with Crippen LogP contribution >= 0.6 is 11.3 Å². The van der Waals surface area contributed by atoms with Crippen LogP contribution in [0, 0.1) is 6.92 Å². The number of rotatable bonds is 4. The van der Waals surface area contributed by atoms with Gasteiger partial charge in [0, 0.05) is 0 Å². The fourth-order valence-electron chi connectivity index (χ4n) is 2.02. The minimum absolute atomic E-state index is 0.201. The summed E-state index contributed by atoms with van der Waals surface area (Å²) >= 11 is 1.60. The van der Waals surface area contributed by atoms with Gasteiger partial charge in [0.1, 0.15) is 11.5 Å². The highest BCUT2D eigenvalue weighted by molar-refractivity contribution is 7.13. The molecule has 1 amide bonds. The second-order valence-electron chi connectivity index (χ2n) is 4.79. The maximum absolute atomic E-state index is 12.2. The van der Waals surface area contributed by atoms with Gasteiger partial charge in [-0.3, -0.25) is 9.89 Å². The van der Waals surface area contributed by atoms with Gasteiger partial charge < -0.3 is 9.73 Å². The van der Waals surface area contributed by atoms with Crippen LogP contribution < -0.4 is 5.32 Å². The number of nitrogens with zero attached hydrogens (tertiary/aromatic N) is 1. The number of aromatic nitrogens is 2. The second kappa shape index (κ2) is 5.57. The molecule has 3 rings (SSSR count). The first-order chi connectivity index (χ1) is 10.1. The third kappa shape index (κ3) is 2.90. The van der Waals surface area contributed by atoms with Crippen LogP contribution in [0.1, 0.15) is 35.0 Å². The quantitative estimate of drug-likeness (QED) is 0.774.